The predicted molar refractivity (Wildman–Crippen MR) is 113 cm³/mol. The van der Waals surface area contributed by atoms with Crippen molar-refractivity contribution < 1.29 is 39.2 Å². The molecule has 0 aliphatic heterocycles. The van der Waals surface area contributed by atoms with Crippen molar-refractivity contribution in [2.24, 2.45) is 28.6 Å². The molecule has 4 aliphatic carbocycles. The number of carboxylic acid groups (broad SMARTS) is 1. The second kappa shape index (κ2) is 8.31. The molecular formula is C25H33O8-. The molecule has 0 radical (unpaired) electrons. The highest BCUT2D eigenvalue weighted by Crippen LogP contribution is 2.67. The van der Waals surface area contributed by atoms with Gasteiger partial charge in [-0.25, -0.2) is 0 Å². The Hall–Kier alpha value is -2.06. The van der Waals surface area contributed by atoms with Gasteiger partial charge in [-0.15, -0.1) is 0 Å². The molecule has 0 spiro atoms. The quantitative estimate of drug-likeness (QED) is 0.555. The van der Waals surface area contributed by atoms with Crippen LogP contribution in [-0.4, -0.2) is 52.0 Å². The molecular weight excluding hydrogens is 428 g/mol. The Bertz CT molecular complexity index is 908. The highest BCUT2D eigenvalue weighted by molar-refractivity contribution is 5.92. The number of carboxylic acids is 1. The number of hydrogen-bond acceptors (Lipinski definition) is 8. The van der Waals surface area contributed by atoms with E-state index in [4.69, 9.17) is 4.74 Å². The zero-order chi connectivity index (χ0) is 24.2. The molecule has 7 atom stereocenters. The second-order valence-electron chi connectivity index (χ2n) is 10.9. The van der Waals surface area contributed by atoms with Gasteiger partial charge in [-0.3, -0.25) is 14.4 Å². The first-order chi connectivity index (χ1) is 15.4. The minimum absolute atomic E-state index is 0.0245. The highest BCUT2D eigenvalue weighted by atomic mass is 16.5. The number of ketones is 2. The molecule has 8 heteroatoms. The van der Waals surface area contributed by atoms with E-state index in [1.807, 2.05) is 6.92 Å². The first-order valence-corrected chi connectivity index (χ1v) is 12.0. The van der Waals surface area contributed by atoms with Crippen LogP contribution in [0.2, 0.25) is 0 Å². The number of carbonyl (C=O) groups is 4. The van der Waals surface area contributed by atoms with Gasteiger partial charge in [0, 0.05) is 17.8 Å². The first kappa shape index (κ1) is 24.1. The normalized spacial score (nSPS) is 41.9. The molecule has 0 bridgehead atoms. The monoisotopic (exact) mass is 461 g/mol. The molecule has 4 rings (SSSR count). The van der Waals surface area contributed by atoms with Crippen molar-refractivity contribution in [2.45, 2.75) is 83.3 Å². The number of allylic oxidation sites excluding steroid dienone is 1. The van der Waals surface area contributed by atoms with Crippen LogP contribution in [0.1, 0.15) is 71.6 Å². The van der Waals surface area contributed by atoms with Gasteiger partial charge < -0.3 is 24.9 Å². The molecule has 0 aromatic carbocycles. The van der Waals surface area contributed by atoms with Crippen LogP contribution in [0.5, 0.6) is 0 Å². The Morgan fingerprint density at radius 2 is 1.88 bits per heavy atom. The zero-order valence-electron chi connectivity index (χ0n) is 19.3. The maximum Gasteiger partial charge on any atom is 0.306 e. The van der Waals surface area contributed by atoms with E-state index in [2.05, 4.69) is 6.92 Å². The number of esters is 1. The van der Waals surface area contributed by atoms with Gasteiger partial charge in [0.1, 0.15) is 5.60 Å². The number of rotatable bonds is 6. The van der Waals surface area contributed by atoms with Gasteiger partial charge >= 0.3 is 5.97 Å². The van der Waals surface area contributed by atoms with Gasteiger partial charge in [0.05, 0.1) is 12.5 Å². The van der Waals surface area contributed by atoms with Crippen LogP contribution in [0.3, 0.4) is 0 Å². The lowest BCUT2D eigenvalue weighted by Crippen LogP contribution is -2.62. The lowest BCUT2D eigenvalue weighted by atomic mass is 9.45. The predicted octanol–water partition coefficient (Wildman–Crippen LogP) is 0.863. The number of aliphatic carboxylic acids is 1. The summed E-state index contributed by atoms with van der Waals surface area (Å²) in [7, 11) is 0. The van der Waals surface area contributed by atoms with Crippen LogP contribution in [0.15, 0.2) is 11.6 Å². The van der Waals surface area contributed by atoms with E-state index in [0.717, 1.165) is 18.4 Å². The van der Waals surface area contributed by atoms with Crippen molar-refractivity contribution >= 4 is 23.5 Å². The van der Waals surface area contributed by atoms with E-state index in [9.17, 15) is 34.5 Å². The Balaban J connectivity index is 1.53. The van der Waals surface area contributed by atoms with E-state index >= 15 is 0 Å². The summed E-state index contributed by atoms with van der Waals surface area (Å²) in [6.07, 6.45) is 4.07. The van der Waals surface area contributed by atoms with Gasteiger partial charge in [-0.2, -0.15) is 0 Å². The maximum atomic E-state index is 13.1. The van der Waals surface area contributed by atoms with E-state index < -0.39 is 54.3 Å². The summed E-state index contributed by atoms with van der Waals surface area (Å²) >= 11 is 0. The summed E-state index contributed by atoms with van der Waals surface area (Å²) in [5, 5.41) is 33.4. The number of aliphatic hydroxyl groups is 2. The third-order valence-electron chi connectivity index (χ3n) is 9.41. The van der Waals surface area contributed by atoms with E-state index in [1.165, 1.54) is 0 Å². The molecule has 2 N–H and O–H groups in total. The van der Waals surface area contributed by atoms with Crippen LogP contribution < -0.4 is 5.11 Å². The summed E-state index contributed by atoms with van der Waals surface area (Å²) in [6, 6.07) is 0. The third kappa shape index (κ3) is 3.75. The molecule has 0 aromatic heterocycles. The van der Waals surface area contributed by atoms with Crippen LogP contribution in [0, 0.1) is 28.6 Å². The molecule has 182 valence electrons. The topological polar surface area (TPSA) is 141 Å². The zero-order valence-corrected chi connectivity index (χ0v) is 19.3. The Kier molecular flexibility index (Phi) is 6.06. The van der Waals surface area contributed by atoms with Gasteiger partial charge in [-0.05, 0) is 74.2 Å². The van der Waals surface area contributed by atoms with Crippen molar-refractivity contribution in [1.29, 1.82) is 0 Å². The molecule has 0 saturated heterocycles. The summed E-state index contributed by atoms with van der Waals surface area (Å²) < 4.78 is 4.95. The smallest absolute Gasteiger partial charge is 0.306 e. The van der Waals surface area contributed by atoms with Crippen molar-refractivity contribution in [3.63, 3.8) is 0 Å². The fraction of sp³-hybridized carbons (Fsp3) is 0.760. The van der Waals surface area contributed by atoms with E-state index in [0.29, 0.717) is 19.3 Å². The fourth-order valence-electron chi connectivity index (χ4n) is 7.69. The molecule has 3 saturated carbocycles. The number of hydrogen-bond donors (Lipinski definition) is 2. The lowest BCUT2D eigenvalue weighted by Gasteiger charge is -2.60. The summed E-state index contributed by atoms with van der Waals surface area (Å²) in [6.45, 7) is 3.38. The molecule has 8 nitrogen and oxygen atoms in total. The van der Waals surface area contributed by atoms with Gasteiger partial charge in [0.2, 0.25) is 5.78 Å². The number of carbonyl (C=O) groups excluding carboxylic acids is 4. The lowest BCUT2D eigenvalue weighted by molar-refractivity contribution is -0.305. The molecule has 0 aromatic rings. The van der Waals surface area contributed by atoms with Crippen LogP contribution in [-0.2, 0) is 23.9 Å². The van der Waals surface area contributed by atoms with Crippen LogP contribution >= 0.6 is 0 Å². The highest BCUT2D eigenvalue weighted by Gasteiger charge is 2.68. The van der Waals surface area contributed by atoms with E-state index in [1.54, 1.807) is 6.08 Å². The first-order valence-electron chi connectivity index (χ1n) is 12.0. The molecule has 3 fully saturated rings. The van der Waals surface area contributed by atoms with Crippen molar-refractivity contribution in [1.82, 2.24) is 0 Å². The SMILES string of the molecule is C[C@]12C[C@@H](O)[C@H]3[C@H](CCC4=CC(=O)CC[C@]43C)[C@@H]1CC[C@@]2(O)C(=O)COC(=O)CCC(=O)[O-]. The number of aliphatic hydroxyl groups excluding tert-OH is 1. The van der Waals surface area contributed by atoms with Gasteiger partial charge in [0.25, 0.3) is 0 Å². The molecule has 4 aliphatic rings. The number of Topliss-reactive ketones (excluding diaryl/α,β-unsaturated/α-hetero) is 1. The fourth-order valence-corrected chi connectivity index (χ4v) is 7.69. The van der Waals surface area contributed by atoms with E-state index in [-0.39, 0.29) is 41.8 Å². The number of fused-ring (bicyclic) bond motifs is 5. The Morgan fingerprint density at radius 1 is 1.15 bits per heavy atom. The minimum atomic E-state index is -1.72. The largest absolute Gasteiger partial charge is 0.550 e. The molecule has 0 amide bonds. The maximum absolute atomic E-state index is 13.1. The minimum Gasteiger partial charge on any atom is -0.550 e. The average Bonchev–Trinajstić information content (AvgIpc) is 3.02. The second-order valence-corrected chi connectivity index (χ2v) is 10.9. The van der Waals surface area contributed by atoms with Crippen molar-refractivity contribution in [3.8, 4) is 0 Å². The summed E-state index contributed by atoms with van der Waals surface area (Å²) in [5.41, 5.74) is -1.71. The average molecular weight is 462 g/mol. The Morgan fingerprint density at radius 3 is 2.58 bits per heavy atom. The van der Waals surface area contributed by atoms with Crippen LogP contribution in [0.4, 0.5) is 0 Å². The molecule has 0 unspecified atom stereocenters. The third-order valence-corrected chi connectivity index (χ3v) is 9.41. The van der Waals surface area contributed by atoms with Gasteiger partial charge in [-0.1, -0.05) is 19.4 Å². The summed E-state index contributed by atoms with van der Waals surface area (Å²) in [4.78, 5) is 47.3. The molecule has 33 heavy (non-hydrogen) atoms. The summed E-state index contributed by atoms with van der Waals surface area (Å²) in [5.74, 6) is -2.53. The molecule has 0 heterocycles. The van der Waals surface area contributed by atoms with Crippen LogP contribution in [0.25, 0.3) is 0 Å². The number of ether oxygens (including phenoxy) is 1. The van der Waals surface area contributed by atoms with Crippen molar-refractivity contribution in [2.75, 3.05) is 6.61 Å². The Labute approximate surface area is 193 Å². The van der Waals surface area contributed by atoms with Crippen molar-refractivity contribution in [3.05, 3.63) is 11.6 Å². The standard InChI is InChI=1S/C25H34O8/c1-23-9-7-15(26)11-14(23)3-4-16-17-8-10-25(32,24(17,2)12-18(27)22(16)23)19(28)13-33-21(31)6-5-20(29)30/h11,16-18,22,27,32H,3-10,12-13H2,1-2H3,(H,29,30)/p-1/t16-,17+,18-,22-,23-,24+,25-/m1/s1. The van der Waals surface area contributed by atoms with Gasteiger partial charge in [0.15, 0.2) is 12.4 Å².